The SMILES string of the molecule is CC1CCC(C)P1c1ccccc1P1(=O)C(C)CCC1C.CC1CCC(C)P1c1ccccc1P1(=O)C(C)CCC1C.O=S(=O)([O-])C(F)(F)F.[Cu+]. The second kappa shape index (κ2) is 17.8. The minimum atomic E-state index is -6.09. The number of alkyl halides is 3. The molecule has 4 fully saturated rings. The molecule has 8 atom stereocenters. The molecule has 0 bridgehead atoms. The molecule has 0 radical (unpaired) electrons. The summed E-state index contributed by atoms with van der Waals surface area (Å²) in [6.07, 6.45) is 9.91. The molecule has 0 aliphatic carbocycles. The molecule has 4 heterocycles. The van der Waals surface area contributed by atoms with Crippen LogP contribution in [0.5, 0.6) is 0 Å². The van der Waals surface area contributed by atoms with Gasteiger partial charge in [0.05, 0.1) is 0 Å². The Balaban J connectivity index is 0.000000225. The smallest absolute Gasteiger partial charge is 0.741 e. The molecular weight excluding hydrogens is 801 g/mol. The molecule has 0 aromatic heterocycles. The number of halogens is 3. The number of benzene rings is 2. The van der Waals surface area contributed by atoms with Crippen molar-refractivity contribution >= 4 is 61.5 Å². The van der Waals surface area contributed by atoms with E-state index in [0.29, 0.717) is 22.6 Å². The Hall–Kier alpha value is -0.0205. The maximum absolute atomic E-state index is 13.9. The second-order valence-electron chi connectivity index (χ2n) is 15.2. The van der Waals surface area contributed by atoms with Gasteiger partial charge in [0.2, 0.25) is 0 Å². The fraction of sp³-hybridized carbons (Fsp3) is 0.676. The van der Waals surface area contributed by atoms with Crippen molar-refractivity contribution in [3.8, 4) is 0 Å². The van der Waals surface area contributed by atoms with Gasteiger partial charge in [-0.2, -0.15) is 13.2 Å². The van der Waals surface area contributed by atoms with Gasteiger partial charge in [0.25, 0.3) is 0 Å². The monoisotopic (exact) mass is 856 g/mol. The molecule has 2 aromatic rings. The molecule has 0 saturated carbocycles. The van der Waals surface area contributed by atoms with E-state index in [2.05, 4.69) is 104 Å². The first-order valence-corrected chi connectivity index (χ1v) is 26.2. The van der Waals surface area contributed by atoms with Crippen molar-refractivity contribution in [3.05, 3.63) is 48.5 Å². The van der Waals surface area contributed by atoms with Gasteiger partial charge in [-0.15, -0.1) is 0 Å². The van der Waals surface area contributed by atoms with Crippen LogP contribution in [0.15, 0.2) is 48.5 Å². The molecule has 0 amide bonds. The van der Waals surface area contributed by atoms with Gasteiger partial charge in [-0.05, 0) is 84.6 Å². The van der Waals surface area contributed by atoms with E-state index in [1.54, 1.807) is 0 Å². The van der Waals surface area contributed by atoms with Crippen molar-refractivity contribution in [3.63, 3.8) is 0 Å². The first-order chi connectivity index (χ1) is 23.2. The molecule has 4 saturated heterocycles. The fourth-order valence-corrected chi connectivity index (χ4v) is 24.3. The summed E-state index contributed by atoms with van der Waals surface area (Å²) in [5, 5.41) is 5.48. The third-order valence-corrected chi connectivity index (χ3v) is 28.1. The van der Waals surface area contributed by atoms with Gasteiger partial charge in [0, 0.05) is 33.2 Å². The standard InChI is InChI=1S/2C18H28OP2.CHF3O3S.Cu/c2*1-13-9-10-14(2)20(13)17-7-5-6-8-18(17)21(19)15(3)11-12-16(21)4;2-1(3,4)8(5,6)7;/h2*5-8,13-16H,9-12H2,1-4H3;(H,5,6,7);/q;;;+1/p-1. The Bertz CT molecular complexity index is 1540. The maximum Gasteiger partial charge on any atom is 1.00 e. The minimum absolute atomic E-state index is 0. The first kappa shape index (κ1) is 45.4. The predicted molar refractivity (Wildman–Crippen MR) is 209 cm³/mol. The normalized spacial score (nSPS) is 37.9. The van der Waals surface area contributed by atoms with Crippen LogP contribution >= 0.6 is 30.1 Å². The predicted octanol–water partition coefficient (Wildman–Crippen LogP) is 9.90. The molecule has 4 aliphatic heterocycles. The van der Waals surface area contributed by atoms with E-state index in [-0.39, 0.29) is 32.9 Å². The third-order valence-electron chi connectivity index (χ3n) is 11.9. The summed E-state index contributed by atoms with van der Waals surface area (Å²) in [5.74, 6) is 0. The zero-order valence-electron chi connectivity index (χ0n) is 31.1. The van der Waals surface area contributed by atoms with E-state index in [9.17, 15) is 22.3 Å². The van der Waals surface area contributed by atoms with Gasteiger partial charge in [0.15, 0.2) is 10.1 Å². The Labute approximate surface area is 318 Å². The molecule has 51 heavy (non-hydrogen) atoms. The van der Waals surface area contributed by atoms with E-state index in [0.717, 1.165) is 48.3 Å². The van der Waals surface area contributed by atoms with Crippen molar-refractivity contribution in [1.29, 1.82) is 0 Å². The molecule has 4 aliphatic rings. The van der Waals surface area contributed by atoms with Gasteiger partial charge < -0.3 is 13.7 Å². The molecule has 14 heteroatoms. The van der Waals surface area contributed by atoms with E-state index in [4.69, 9.17) is 13.0 Å². The summed E-state index contributed by atoms with van der Waals surface area (Å²) in [6, 6.07) is 17.6. The van der Waals surface area contributed by atoms with Crippen molar-refractivity contribution in [2.75, 3.05) is 0 Å². The van der Waals surface area contributed by atoms with Gasteiger partial charge in [0.1, 0.15) is 14.3 Å². The summed E-state index contributed by atoms with van der Waals surface area (Å²) in [5.41, 5.74) is -1.01. The van der Waals surface area contributed by atoms with Crippen molar-refractivity contribution in [2.45, 2.75) is 158 Å². The summed E-state index contributed by atoms with van der Waals surface area (Å²) < 4.78 is 86.7. The van der Waals surface area contributed by atoms with Crippen LogP contribution in [-0.2, 0) is 36.3 Å². The second-order valence-corrected chi connectivity index (χ2v) is 30.0. The number of hydrogen-bond acceptors (Lipinski definition) is 5. The summed E-state index contributed by atoms with van der Waals surface area (Å²) in [4.78, 5) is 0. The molecule has 5 nitrogen and oxygen atoms in total. The van der Waals surface area contributed by atoms with Gasteiger partial charge in [-0.25, -0.2) is 8.42 Å². The van der Waals surface area contributed by atoms with Gasteiger partial charge >= 0.3 is 22.6 Å². The van der Waals surface area contributed by atoms with E-state index in [1.807, 2.05) is 0 Å². The summed E-state index contributed by atoms with van der Waals surface area (Å²) in [7, 11) is -10.8. The zero-order valence-corrected chi connectivity index (χ0v) is 36.4. The molecule has 8 unspecified atom stereocenters. The van der Waals surface area contributed by atoms with Crippen molar-refractivity contribution in [1.82, 2.24) is 0 Å². The topological polar surface area (TPSA) is 91.3 Å². The summed E-state index contributed by atoms with van der Waals surface area (Å²) >= 11 is 0. The van der Waals surface area contributed by atoms with Gasteiger partial charge in [-0.3, -0.25) is 0 Å². The summed E-state index contributed by atoms with van der Waals surface area (Å²) in [6.45, 7) is 18.5. The fourth-order valence-electron chi connectivity index (χ4n) is 8.85. The van der Waals surface area contributed by atoms with E-state index < -0.39 is 29.9 Å². The van der Waals surface area contributed by atoms with Crippen LogP contribution in [0.25, 0.3) is 0 Å². The molecule has 0 spiro atoms. The Kier molecular flexibility index (Phi) is 15.9. The number of hydrogen-bond donors (Lipinski definition) is 0. The third kappa shape index (κ3) is 9.34. The van der Waals surface area contributed by atoms with Crippen LogP contribution in [0, 0.1) is 0 Å². The van der Waals surface area contributed by atoms with E-state index >= 15 is 0 Å². The van der Waals surface area contributed by atoms with Crippen LogP contribution < -0.4 is 21.2 Å². The van der Waals surface area contributed by atoms with Gasteiger partial charge in [-0.1, -0.05) is 120 Å². The average Bonchev–Trinajstić information content (AvgIpc) is 3.74. The Morgan fingerprint density at radius 3 is 1.04 bits per heavy atom. The zero-order chi connectivity index (χ0) is 37.4. The quantitative estimate of drug-likeness (QED) is 0.132. The van der Waals surface area contributed by atoms with Crippen molar-refractivity contribution in [2.24, 2.45) is 0 Å². The van der Waals surface area contributed by atoms with Crippen molar-refractivity contribution < 1.29 is 52.3 Å². The molecular formula is C37H56CuF3O5P4S. The van der Waals surface area contributed by atoms with Crippen LogP contribution in [0.4, 0.5) is 13.2 Å². The van der Waals surface area contributed by atoms with E-state index in [1.165, 1.54) is 46.9 Å². The Morgan fingerprint density at radius 1 is 0.569 bits per heavy atom. The van der Waals surface area contributed by atoms with Crippen LogP contribution in [0.2, 0.25) is 0 Å². The molecule has 292 valence electrons. The maximum atomic E-state index is 13.9. The largest absolute Gasteiger partial charge is 1.00 e. The molecule has 0 N–H and O–H groups in total. The minimum Gasteiger partial charge on any atom is -0.741 e. The number of rotatable bonds is 4. The molecule has 2 aromatic carbocycles. The molecule has 6 rings (SSSR count). The average molecular weight is 857 g/mol. The van der Waals surface area contributed by atoms with Crippen LogP contribution in [0.3, 0.4) is 0 Å². The Morgan fingerprint density at radius 2 is 0.804 bits per heavy atom. The van der Waals surface area contributed by atoms with Crippen LogP contribution in [0.1, 0.15) is 107 Å². The first-order valence-electron chi connectivity index (χ1n) is 18.1. The van der Waals surface area contributed by atoms with Crippen LogP contribution in [-0.4, -0.2) is 63.8 Å².